The number of benzene rings is 1. The maximum atomic E-state index is 12.6. The summed E-state index contributed by atoms with van der Waals surface area (Å²) in [4.78, 5) is 12.6. The average Bonchev–Trinajstić information content (AvgIpc) is 2.44. The van der Waals surface area contributed by atoms with Gasteiger partial charge < -0.3 is 9.84 Å². The number of allylic oxidation sites excluding steroid dienone is 1. The second-order valence-corrected chi connectivity index (χ2v) is 7.85. The first kappa shape index (κ1) is 17.1. The van der Waals surface area contributed by atoms with E-state index in [9.17, 15) is 9.90 Å². The van der Waals surface area contributed by atoms with Gasteiger partial charge in [-0.05, 0) is 62.3 Å². The summed E-state index contributed by atoms with van der Waals surface area (Å²) in [5, 5.41) is 10.6. The lowest BCUT2D eigenvalue weighted by Crippen LogP contribution is -2.40. The van der Waals surface area contributed by atoms with Gasteiger partial charge in [0.1, 0.15) is 17.1 Å². The molecule has 1 aliphatic heterocycles. The van der Waals surface area contributed by atoms with Gasteiger partial charge in [0.15, 0.2) is 5.78 Å². The summed E-state index contributed by atoms with van der Waals surface area (Å²) in [6.45, 7) is 8.20. The van der Waals surface area contributed by atoms with Crippen LogP contribution in [0.25, 0.3) is 5.57 Å². The normalized spacial score (nSPS) is 22.0. The Morgan fingerprint density at radius 2 is 2.00 bits per heavy atom. The van der Waals surface area contributed by atoms with Gasteiger partial charge in [0, 0.05) is 12.0 Å². The van der Waals surface area contributed by atoms with Crippen molar-refractivity contribution in [2.24, 2.45) is 5.92 Å². The van der Waals surface area contributed by atoms with Crippen molar-refractivity contribution in [1.82, 2.24) is 0 Å². The summed E-state index contributed by atoms with van der Waals surface area (Å²) in [6.07, 6.45) is 5.81. The van der Waals surface area contributed by atoms with E-state index >= 15 is 0 Å². The number of unbranched alkanes of at least 4 members (excludes halogenated alkanes) is 2. The summed E-state index contributed by atoms with van der Waals surface area (Å²) >= 11 is 0. The number of hydrogen-bond donors (Lipinski definition) is 1. The van der Waals surface area contributed by atoms with Gasteiger partial charge in [-0.2, -0.15) is 0 Å². The largest absolute Gasteiger partial charge is 0.507 e. The molecule has 1 aromatic rings. The Morgan fingerprint density at radius 1 is 1.25 bits per heavy atom. The molecule has 1 unspecified atom stereocenters. The number of carbonyl (C=O) groups is 1. The van der Waals surface area contributed by atoms with Crippen molar-refractivity contribution in [1.29, 1.82) is 0 Å². The van der Waals surface area contributed by atoms with Crippen LogP contribution in [0.2, 0.25) is 0 Å². The van der Waals surface area contributed by atoms with E-state index in [2.05, 4.69) is 19.9 Å². The first-order valence-electron chi connectivity index (χ1n) is 9.15. The smallest absolute Gasteiger partial charge is 0.163 e. The summed E-state index contributed by atoms with van der Waals surface area (Å²) in [7, 11) is 0. The van der Waals surface area contributed by atoms with Crippen LogP contribution in [0.5, 0.6) is 11.5 Å². The fourth-order valence-electron chi connectivity index (χ4n) is 4.13. The Bertz CT molecular complexity index is 697. The van der Waals surface area contributed by atoms with Gasteiger partial charge in [-0.1, -0.05) is 26.7 Å². The van der Waals surface area contributed by atoms with Gasteiger partial charge in [-0.3, -0.25) is 4.79 Å². The SMILES string of the molecule is CCCCCc1cc(O)c2c(c1)OC(C)(C)C1=C2CC(C)CC1=O. The fourth-order valence-corrected chi connectivity index (χ4v) is 4.13. The van der Waals surface area contributed by atoms with E-state index in [-0.39, 0.29) is 11.5 Å². The van der Waals surface area contributed by atoms with Gasteiger partial charge in [-0.25, -0.2) is 0 Å². The molecule has 0 saturated heterocycles. The topological polar surface area (TPSA) is 46.5 Å². The highest BCUT2D eigenvalue weighted by molar-refractivity contribution is 6.07. The number of rotatable bonds is 4. The molecule has 0 radical (unpaired) electrons. The van der Waals surface area contributed by atoms with Crippen LogP contribution in [0.15, 0.2) is 17.7 Å². The number of fused-ring (bicyclic) bond motifs is 2. The van der Waals surface area contributed by atoms with E-state index in [0.29, 0.717) is 12.3 Å². The van der Waals surface area contributed by atoms with Crippen molar-refractivity contribution in [2.75, 3.05) is 0 Å². The number of ketones is 1. The number of hydrogen-bond acceptors (Lipinski definition) is 3. The molecule has 0 aromatic heterocycles. The van der Waals surface area contributed by atoms with Crippen LogP contribution in [-0.2, 0) is 11.2 Å². The first-order valence-corrected chi connectivity index (χ1v) is 9.15. The number of ether oxygens (including phenoxy) is 1. The number of aromatic hydroxyl groups is 1. The van der Waals surface area contributed by atoms with Gasteiger partial charge in [-0.15, -0.1) is 0 Å². The lowest BCUT2D eigenvalue weighted by molar-refractivity contribution is -0.118. The minimum Gasteiger partial charge on any atom is -0.507 e. The van der Waals surface area contributed by atoms with E-state index in [1.165, 1.54) is 12.8 Å². The van der Waals surface area contributed by atoms with Crippen LogP contribution in [0.3, 0.4) is 0 Å². The highest BCUT2D eigenvalue weighted by Crippen LogP contribution is 2.50. The summed E-state index contributed by atoms with van der Waals surface area (Å²) in [5.41, 5.74) is 2.96. The molecule has 1 aliphatic carbocycles. The van der Waals surface area contributed by atoms with Crippen molar-refractivity contribution in [2.45, 2.75) is 71.8 Å². The number of aryl methyl sites for hydroxylation is 1. The molecule has 3 rings (SSSR count). The monoisotopic (exact) mass is 328 g/mol. The van der Waals surface area contributed by atoms with Crippen LogP contribution in [0.1, 0.15) is 70.9 Å². The zero-order chi connectivity index (χ0) is 17.5. The van der Waals surface area contributed by atoms with E-state index in [0.717, 1.165) is 47.3 Å². The molecular weight excluding hydrogens is 300 g/mol. The number of Topliss-reactive ketones (excluding diaryl/α,β-unsaturated/α-hetero) is 1. The van der Waals surface area contributed by atoms with Crippen LogP contribution in [0.4, 0.5) is 0 Å². The molecule has 0 amide bonds. The molecule has 0 spiro atoms. The zero-order valence-electron chi connectivity index (χ0n) is 15.2. The minimum atomic E-state index is -0.631. The molecule has 0 fully saturated rings. The number of phenols is 1. The molecular formula is C21H28O3. The highest BCUT2D eigenvalue weighted by Gasteiger charge is 2.42. The molecule has 1 atom stereocenters. The van der Waals surface area contributed by atoms with Crippen LogP contribution in [0, 0.1) is 5.92 Å². The Kier molecular flexibility index (Phi) is 4.46. The third kappa shape index (κ3) is 2.97. The molecule has 3 heteroatoms. The average molecular weight is 328 g/mol. The Morgan fingerprint density at radius 3 is 2.71 bits per heavy atom. The van der Waals surface area contributed by atoms with Crippen LogP contribution >= 0.6 is 0 Å². The Balaban J connectivity index is 2.07. The van der Waals surface area contributed by atoms with Crippen molar-refractivity contribution in [3.63, 3.8) is 0 Å². The van der Waals surface area contributed by atoms with E-state index < -0.39 is 5.60 Å². The maximum absolute atomic E-state index is 12.6. The van der Waals surface area contributed by atoms with E-state index in [1.54, 1.807) is 0 Å². The molecule has 1 heterocycles. The number of phenolic OH excluding ortho intramolecular Hbond substituents is 1. The predicted octanol–water partition coefficient (Wildman–Crippen LogP) is 5.05. The van der Waals surface area contributed by atoms with E-state index in [1.807, 2.05) is 19.9 Å². The first-order chi connectivity index (χ1) is 11.3. The molecule has 1 N–H and O–H groups in total. The third-order valence-corrected chi connectivity index (χ3v) is 5.15. The zero-order valence-corrected chi connectivity index (χ0v) is 15.2. The number of carbonyl (C=O) groups excluding carboxylic acids is 1. The van der Waals surface area contributed by atoms with Crippen LogP contribution < -0.4 is 4.74 Å². The summed E-state index contributed by atoms with van der Waals surface area (Å²) < 4.78 is 6.18. The van der Waals surface area contributed by atoms with Gasteiger partial charge >= 0.3 is 0 Å². The van der Waals surface area contributed by atoms with Crippen molar-refractivity contribution in [3.05, 3.63) is 28.8 Å². The summed E-state index contributed by atoms with van der Waals surface area (Å²) in [5.74, 6) is 1.45. The lowest BCUT2D eigenvalue weighted by Gasteiger charge is -2.40. The molecule has 130 valence electrons. The molecule has 0 saturated carbocycles. The molecule has 1 aromatic carbocycles. The van der Waals surface area contributed by atoms with Crippen molar-refractivity contribution in [3.8, 4) is 11.5 Å². The Hall–Kier alpha value is -1.77. The molecule has 2 aliphatic rings. The van der Waals surface area contributed by atoms with Crippen LogP contribution in [-0.4, -0.2) is 16.5 Å². The van der Waals surface area contributed by atoms with Gasteiger partial charge in [0.25, 0.3) is 0 Å². The lowest BCUT2D eigenvalue weighted by atomic mass is 9.73. The quantitative estimate of drug-likeness (QED) is 0.787. The predicted molar refractivity (Wildman–Crippen MR) is 96.4 cm³/mol. The maximum Gasteiger partial charge on any atom is 0.163 e. The van der Waals surface area contributed by atoms with E-state index in [4.69, 9.17) is 4.74 Å². The Labute approximate surface area is 144 Å². The van der Waals surface area contributed by atoms with Crippen molar-refractivity contribution >= 4 is 11.4 Å². The standard InChI is InChI=1S/C21H28O3/c1-5-6-7-8-14-11-16(22)19-15-9-13(2)10-17(23)20(15)21(3,4)24-18(19)12-14/h11-13,22H,5-10H2,1-4H3. The molecule has 3 nitrogen and oxygen atoms in total. The van der Waals surface area contributed by atoms with Crippen molar-refractivity contribution < 1.29 is 14.6 Å². The highest BCUT2D eigenvalue weighted by atomic mass is 16.5. The summed E-state index contributed by atoms with van der Waals surface area (Å²) in [6, 6.07) is 3.91. The second kappa shape index (κ2) is 6.27. The minimum absolute atomic E-state index is 0.158. The third-order valence-electron chi connectivity index (χ3n) is 5.15. The van der Waals surface area contributed by atoms with Gasteiger partial charge in [0.05, 0.1) is 5.56 Å². The fraction of sp³-hybridized carbons (Fsp3) is 0.571. The molecule has 24 heavy (non-hydrogen) atoms. The molecule has 0 bridgehead atoms. The second-order valence-electron chi connectivity index (χ2n) is 7.85. The van der Waals surface area contributed by atoms with Gasteiger partial charge in [0.2, 0.25) is 0 Å².